The third-order valence-electron chi connectivity index (χ3n) is 11.3. The molecule has 0 fully saturated rings. The number of para-hydroxylation sites is 3. The van der Waals surface area contributed by atoms with E-state index in [1.54, 1.807) is 24.3 Å². The molecule has 6 aromatic carbocycles. The average Bonchev–Trinajstić information content (AvgIpc) is 3.84. The second kappa shape index (κ2) is 18.1. The van der Waals surface area contributed by atoms with Crippen molar-refractivity contribution in [2.75, 3.05) is 0 Å². The van der Waals surface area contributed by atoms with Crippen LogP contribution in [0.2, 0.25) is 19.6 Å². The van der Waals surface area contributed by atoms with Gasteiger partial charge < -0.3 is 14.0 Å². The van der Waals surface area contributed by atoms with Crippen molar-refractivity contribution in [1.29, 1.82) is 0 Å². The van der Waals surface area contributed by atoms with Gasteiger partial charge in [-0.2, -0.15) is 0 Å². The fraction of sp³-hybridized carbons (Fsp3) is 0.236. The zero-order valence-corrected chi connectivity index (χ0v) is 40.1. The molecule has 0 bridgehead atoms. The quantitative estimate of drug-likeness (QED) is 0.113. The Hall–Kier alpha value is -5.46. The van der Waals surface area contributed by atoms with Gasteiger partial charge in [-0.3, -0.25) is 4.98 Å². The van der Waals surface area contributed by atoms with Crippen LogP contribution in [0.25, 0.3) is 72.4 Å². The van der Waals surface area contributed by atoms with Crippen molar-refractivity contribution in [3.8, 4) is 39.5 Å². The van der Waals surface area contributed by atoms with E-state index in [9.17, 15) is 4.39 Å². The molecular formula is C55H54FIrN3OSi-2. The third-order valence-corrected chi connectivity index (χ3v) is 13.3. The van der Waals surface area contributed by atoms with Crippen LogP contribution in [0, 0.1) is 24.8 Å². The van der Waals surface area contributed by atoms with Crippen LogP contribution in [0.3, 0.4) is 0 Å². The number of halogens is 1. The van der Waals surface area contributed by atoms with Gasteiger partial charge in [0.05, 0.1) is 30.5 Å². The minimum absolute atomic E-state index is 0. The first-order valence-corrected chi connectivity index (χ1v) is 24.5. The zero-order valence-electron chi connectivity index (χ0n) is 40.7. The Morgan fingerprint density at radius 1 is 0.758 bits per heavy atom. The summed E-state index contributed by atoms with van der Waals surface area (Å²) < 4.78 is 53.3. The summed E-state index contributed by atoms with van der Waals surface area (Å²) in [4.78, 5) is 9.75. The number of pyridine rings is 1. The van der Waals surface area contributed by atoms with Crippen LogP contribution < -0.4 is 5.19 Å². The summed E-state index contributed by atoms with van der Waals surface area (Å²) in [6, 6.07) is 45.0. The largest absolute Gasteiger partial charge is 0.501 e. The molecular weight excluding hydrogens is 958 g/mol. The van der Waals surface area contributed by atoms with E-state index in [-0.39, 0.29) is 31.5 Å². The van der Waals surface area contributed by atoms with Gasteiger partial charge in [0.15, 0.2) is 0 Å². The van der Waals surface area contributed by atoms with E-state index in [2.05, 4.69) is 124 Å². The van der Waals surface area contributed by atoms with E-state index < -0.39 is 20.8 Å². The van der Waals surface area contributed by atoms with Gasteiger partial charge in [-0.25, -0.2) is 4.39 Å². The van der Waals surface area contributed by atoms with Gasteiger partial charge in [-0.15, -0.1) is 53.6 Å². The molecule has 317 valence electrons. The SMILES string of the molecule is CC(C)c1cccc(C(C)C)c1-n1c(-c2[c-]ccc3c2oc2cc(-c4ccc(F)cc4)ccc23)nc2ccccc21.[2H]C([2H])([2H])c1c[c-]c(-c2cc(C([2H])(C)C)c([Si](C)(C)C)cn2)cc1.[Ir]. The van der Waals surface area contributed by atoms with Gasteiger partial charge in [-0.1, -0.05) is 145 Å². The Morgan fingerprint density at radius 3 is 2.11 bits per heavy atom. The van der Waals surface area contributed by atoms with Crippen LogP contribution in [-0.4, -0.2) is 22.6 Å². The molecule has 0 aliphatic heterocycles. The first kappa shape index (κ1) is 39.4. The molecule has 0 spiro atoms. The molecule has 62 heavy (non-hydrogen) atoms. The maximum atomic E-state index is 13.5. The predicted octanol–water partition coefficient (Wildman–Crippen LogP) is 15.0. The Balaban J connectivity index is 0.000000223. The minimum atomic E-state index is -2.13. The van der Waals surface area contributed by atoms with Crippen LogP contribution in [-0.2, 0) is 20.1 Å². The van der Waals surface area contributed by atoms with Crippen molar-refractivity contribution in [1.82, 2.24) is 14.5 Å². The number of nitrogens with zero attached hydrogens (tertiary/aromatic N) is 3. The number of imidazole rings is 1. The number of rotatable bonds is 8. The molecule has 0 unspecified atom stereocenters. The smallest absolute Gasteiger partial charge is 0.123 e. The zero-order chi connectivity index (χ0) is 46.6. The Kier molecular flexibility index (Phi) is 11.5. The standard InChI is InChI=1S/C37H30FN2O.C18H24NSi.Ir/c1-22(2)27-9-7-10-28(23(3)4)35(27)40-33-14-6-5-13-32(33)39-37(40)31-12-8-11-30-29-20-17-25(21-34(29)41-36(30)31)24-15-18-26(38)19-16-24;1-13(2)16-11-17(15-9-7-14(3)8-10-15)19-12-18(16)20(4,5)6;/h5-11,13-23H,1-4H3;7-9,11-13H,1-6H3;/q2*-1;/i;3D3,13D;. The summed E-state index contributed by atoms with van der Waals surface area (Å²) in [6.07, 6.45) is 1.89. The Morgan fingerprint density at radius 2 is 1.47 bits per heavy atom. The van der Waals surface area contributed by atoms with Crippen molar-refractivity contribution >= 4 is 46.2 Å². The topological polar surface area (TPSA) is 43.9 Å². The molecule has 0 saturated heterocycles. The van der Waals surface area contributed by atoms with Gasteiger partial charge in [0.25, 0.3) is 0 Å². The van der Waals surface area contributed by atoms with Crippen LogP contribution in [0.5, 0.6) is 0 Å². The second-order valence-corrected chi connectivity index (χ2v) is 22.7. The summed E-state index contributed by atoms with van der Waals surface area (Å²) in [5.41, 5.74) is 12.7. The first-order valence-electron chi connectivity index (χ1n) is 23.0. The fourth-order valence-corrected chi connectivity index (χ4v) is 9.70. The molecule has 1 radical (unpaired) electrons. The van der Waals surface area contributed by atoms with Gasteiger partial charge in [0.2, 0.25) is 0 Å². The number of aryl methyl sites for hydroxylation is 1. The fourth-order valence-electron chi connectivity index (χ4n) is 8.12. The molecule has 3 aromatic heterocycles. The van der Waals surface area contributed by atoms with Crippen LogP contribution in [0.1, 0.15) is 87.0 Å². The van der Waals surface area contributed by atoms with E-state index in [0.29, 0.717) is 11.8 Å². The van der Waals surface area contributed by atoms with Gasteiger partial charge in [-0.05, 0) is 81.2 Å². The number of hydrogen-bond donors (Lipinski definition) is 0. The molecule has 0 atom stereocenters. The van der Waals surface area contributed by atoms with Crippen molar-refractivity contribution < 1.29 is 34.4 Å². The van der Waals surface area contributed by atoms with Crippen LogP contribution in [0.4, 0.5) is 4.39 Å². The predicted molar refractivity (Wildman–Crippen MR) is 257 cm³/mol. The number of furan rings is 1. The molecule has 7 heteroatoms. The number of aromatic nitrogens is 3. The molecule has 0 saturated carbocycles. The normalized spacial score (nSPS) is 13.1. The molecule has 0 aliphatic rings. The first-order chi connectivity index (χ1) is 30.7. The third kappa shape index (κ3) is 8.77. The van der Waals surface area contributed by atoms with Crippen molar-refractivity contribution in [3.05, 3.63) is 168 Å². The van der Waals surface area contributed by atoms with E-state index >= 15 is 0 Å². The Bertz CT molecular complexity index is 3150. The number of benzene rings is 6. The molecule has 3 heterocycles. The molecule has 4 nitrogen and oxygen atoms in total. The van der Waals surface area contributed by atoms with Crippen LogP contribution >= 0.6 is 0 Å². The van der Waals surface area contributed by atoms with Crippen LogP contribution in [0.15, 0.2) is 132 Å². The van der Waals surface area contributed by atoms with E-state index in [0.717, 1.165) is 72.3 Å². The van der Waals surface area contributed by atoms with Crippen molar-refractivity contribution in [2.24, 2.45) is 0 Å². The van der Waals surface area contributed by atoms with Crippen molar-refractivity contribution in [2.45, 2.75) is 85.8 Å². The van der Waals surface area contributed by atoms with Gasteiger partial charge in [0, 0.05) is 42.9 Å². The summed E-state index contributed by atoms with van der Waals surface area (Å²) in [5.74, 6) is 0.499. The molecule has 0 aliphatic carbocycles. The Labute approximate surface area is 386 Å². The minimum Gasteiger partial charge on any atom is -0.501 e. The van der Waals surface area contributed by atoms with Gasteiger partial charge >= 0.3 is 0 Å². The number of hydrogen-bond acceptors (Lipinski definition) is 3. The van der Waals surface area contributed by atoms with Crippen molar-refractivity contribution in [3.63, 3.8) is 0 Å². The molecule has 9 aromatic rings. The maximum Gasteiger partial charge on any atom is 0.123 e. The second-order valence-electron chi connectivity index (χ2n) is 17.6. The average molecular weight is 1020 g/mol. The molecule has 0 amide bonds. The molecule has 9 rings (SSSR count). The summed E-state index contributed by atoms with van der Waals surface area (Å²) in [7, 11) is -1.61. The van der Waals surface area contributed by atoms with E-state index in [4.69, 9.17) is 14.9 Å². The maximum absolute atomic E-state index is 13.5. The monoisotopic (exact) mass is 1020 g/mol. The van der Waals surface area contributed by atoms with Gasteiger partial charge in [0.1, 0.15) is 11.4 Å². The number of fused-ring (bicyclic) bond motifs is 4. The van der Waals surface area contributed by atoms with E-state index in [1.807, 2.05) is 44.3 Å². The summed E-state index contributed by atoms with van der Waals surface area (Å²) in [5, 5.41) is 3.22. The molecule has 0 N–H and O–H groups in total. The summed E-state index contributed by atoms with van der Waals surface area (Å²) in [6.45, 7) is 17.4. The van der Waals surface area contributed by atoms with E-state index in [1.165, 1.54) is 40.2 Å². The summed E-state index contributed by atoms with van der Waals surface area (Å²) >= 11 is 0.